The van der Waals surface area contributed by atoms with Gasteiger partial charge >= 0.3 is 6.18 Å². The Morgan fingerprint density at radius 3 is 2.57 bits per heavy atom. The van der Waals surface area contributed by atoms with Gasteiger partial charge in [-0.1, -0.05) is 0 Å². The molecule has 9 nitrogen and oxygen atoms in total. The molecule has 2 saturated heterocycles. The Kier molecular flexibility index (Phi) is 5.99. The van der Waals surface area contributed by atoms with Gasteiger partial charge in [0.15, 0.2) is 5.69 Å². The highest BCUT2D eigenvalue weighted by molar-refractivity contribution is 5.92. The normalized spacial score (nSPS) is 20.0. The van der Waals surface area contributed by atoms with E-state index in [4.69, 9.17) is 0 Å². The monoisotopic (exact) mass is 489 g/mol. The van der Waals surface area contributed by atoms with Crippen molar-refractivity contribution in [1.82, 2.24) is 29.6 Å². The number of nitrogens with one attached hydrogen (secondary N) is 2. The summed E-state index contributed by atoms with van der Waals surface area (Å²) in [5, 5.41) is 2.56. The van der Waals surface area contributed by atoms with E-state index in [-0.39, 0.29) is 11.8 Å². The largest absolute Gasteiger partial charge is 0.435 e. The summed E-state index contributed by atoms with van der Waals surface area (Å²) in [4.78, 5) is 39.1. The molecule has 0 saturated carbocycles. The van der Waals surface area contributed by atoms with Crippen LogP contribution in [0.25, 0.3) is 5.52 Å². The van der Waals surface area contributed by atoms with Crippen molar-refractivity contribution in [2.24, 2.45) is 0 Å². The zero-order valence-electron chi connectivity index (χ0n) is 19.2. The van der Waals surface area contributed by atoms with Crippen molar-refractivity contribution in [3.05, 3.63) is 58.3 Å². The summed E-state index contributed by atoms with van der Waals surface area (Å²) in [5.41, 5.74) is -0.397. The van der Waals surface area contributed by atoms with Gasteiger partial charge in [-0.25, -0.2) is 9.97 Å². The molecule has 0 bridgehead atoms. The van der Waals surface area contributed by atoms with Crippen molar-refractivity contribution >= 4 is 17.1 Å². The average molecular weight is 490 g/mol. The summed E-state index contributed by atoms with van der Waals surface area (Å²) in [7, 11) is 1.57. The lowest BCUT2D eigenvalue weighted by molar-refractivity contribution is -0.139. The summed E-state index contributed by atoms with van der Waals surface area (Å²) in [6, 6.07) is 4.03. The number of hydrogen-bond donors (Lipinski definition) is 2. The second-order valence-electron chi connectivity index (χ2n) is 9.06. The minimum Gasteiger partial charge on any atom is -0.370 e. The van der Waals surface area contributed by atoms with Crippen LogP contribution < -0.4 is 15.8 Å². The van der Waals surface area contributed by atoms with Crippen molar-refractivity contribution in [3.8, 4) is 0 Å². The number of likely N-dealkylation sites (tertiary alicyclic amines) is 1. The van der Waals surface area contributed by atoms with Gasteiger partial charge in [0.05, 0.1) is 11.9 Å². The molecule has 12 heteroatoms. The van der Waals surface area contributed by atoms with Crippen LogP contribution in [0.3, 0.4) is 0 Å². The maximum absolute atomic E-state index is 13.1. The first-order valence-electron chi connectivity index (χ1n) is 11.6. The molecule has 0 spiro atoms. The molecule has 35 heavy (non-hydrogen) atoms. The van der Waals surface area contributed by atoms with Crippen LogP contribution in [0.4, 0.5) is 18.9 Å². The van der Waals surface area contributed by atoms with Crippen LogP contribution in [-0.2, 0) is 6.18 Å². The molecule has 3 aromatic rings. The smallest absolute Gasteiger partial charge is 0.370 e. The number of piperidine rings is 1. The van der Waals surface area contributed by atoms with Crippen molar-refractivity contribution in [3.63, 3.8) is 0 Å². The third-order valence-corrected chi connectivity index (χ3v) is 7.03. The number of carbonyl (C=O) groups excluding carboxylic acids is 1. The molecule has 0 aliphatic carbocycles. The molecule has 5 rings (SSSR count). The van der Waals surface area contributed by atoms with Gasteiger partial charge in [-0.05, 0) is 37.9 Å². The van der Waals surface area contributed by atoms with Gasteiger partial charge in [0.2, 0.25) is 0 Å². The van der Waals surface area contributed by atoms with Gasteiger partial charge in [0.1, 0.15) is 17.5 Å². The highest BCUT2D eigenvalue weighted by Gasteiger charge is 2.37. The molecule has 2 aliphatic rings. The van der Waals surface area contributed by atoms with E-state index in [9.17, 15) is 22.8 Å². The van der Waals surface area contributed by atoms with Gasteiger partial charge in [-0.15, -0.1) is 0 Å². The fraction of sp³-hybridized carbons (Fsp3) is 0.478. The molecule has 2 aliphatic heterocycles. The molecule has 0 radical (unpaired) electrons. The van der Waals surface area contributed by atoms with Gasteiger partial charge < -0.3 is 15.2 Å². The Balaban J connectivity index is 1.22. The number of amides is 1. The SMILES string of the molecule is CNC(=O)c1ccc(N2CCC(N3CC[C@@H](c4cn5cnc(C(F)(F)F)c5c(=O)[nH]4)C3)CC2)cn1. The van der Waals surface area contributed by atoms with E-state index in [2.05, 4.69) is 30.1 Å². The second-order valence-corrected chi connectivity index (χ2v) is 9.06. The number of imidazole rings is 1. The number of pyridine rings is 1. The predicted molar refractivity (Wildman–Crippen MR) is 123 cm³/mol. The lowest BCUT2D eigenvalue weighted by atomic mass is 10.0. The van der Waals surface area contributed by atoms with Gasteiger partial charge in [-0.2, -0.15) is 13.2 Å². The molecule has 1 atom stereocenters. The number of hydrogen-bond acceptors (Lipinski definition) is 6. The summed E-state index contributed by atoms with van der Waals surface area (Å²) in [6.07, 6.45) is 2.42. The first kappa shape index (κ1) is 23.3. The minimum absolute atomic E-state index is 0.0447. The molecule has 0 unspecified atom stereocenters. The van der Waals surface area contributed by atoms with Crippen molar-refractivity contribution < 1.29 is 18.0 Å². The number of aromatic amines is 1. The number of anilines is 1. The Labute approximate surface area is 199 Å². The standard InChI is InChI=1S/C23H26F3N7O2/c1-27-21(34)17-3-2-16(10-28-17)31-8-5-15(6-9-31)32-7-4-14(11-32)18-12-33-13-29-20(23(24,25)26)19(33)22(35)30-18/h2-3,10,12-15H,4-9,11H2,1H3,(H,27,34)(H,30,35)/t14-/m1/s1. The average Bonchev–Trinajstić information content (AvgIpc) is 3.52. The number of fused-ring (bicyclic) bond motifs is 1. The molecule has 3 aromatic heterocycles. The van der Waals surface area contributed by atoms with E-state index < -0.39 is 22.9 Å². The van der Waals surface area contributed by atoms with Crippen LogP contribution >= 0.6 is 0 Å². The third-order valence-electron chi connectivity index (χ3n) is 7.03. The van der Waals surface area contributed by atoms with E-state index in [1.165, 1.54) is 4.40 Å². The van der Waals surface area contributed by atoms with E-state index in [0.29, 0.717) is 17.4 Å². The van der Waals surface area contributed by atoms with Gasteiger partial charge in [-0.3, -0.25) is 18.9 Å². The predicted octanol–water partition coefficient (Wildman–Crippen LogP) is 2.25. The maximum atomic E-state index is 13.1. The minimum atomic E-state index is -4.68. The molecule has 1 amide bonds. The lowest BCUT2D eigenvalue weighted by Crippen LogP contribution is -2.44. The van der Waals surface area contributed by atoms with Crippen molar-refractivity contribution in [2.45, 2.75) is 37.4 Å². The number of aromatic nitrogens is 4. The van der Waals surface area contributed by atoms with Crippen LogP contribution in [0.5, 0.6) is 0 Å². The first-order valence-corrected chi connectivity index (χ1v) is 11.6. The Hall–Kier alpha value is -3.41. The molecule has 5 heterocycles. The number of nitrogens with zero attached hydrogens (tertiary/aromatic N) is 5. The van der Waals surface area contributed by atoms with E-state index in [1.54, 1.807) is 25.5 Å². The Morgan fingerprint density at radius 1 is 1.14 bits per heavy atom. The quantitative estimate of drug-likeness (QED) is 0.584. The molecule has 0 aromatic carbocycles. The summed E-state index contributed by atoms with van der Waals surface area (Å²) < 4.78 is 40.6. The first-order chi connectivity index (χ1) is 16.7. The molecular formula is C23H26F3N7O2. The lowest BCUT2D eigenvalue weighted by Gasteiger charge is -2.37. The summed E-state index contributed by atoms with van der Waals surface area (Å²) in [6.45, 7) is 3.35. The summed E-state index contributed by atoms with van der Waals surface area (Å²) in [5.74, 6) is -0.170. The van der Waals surface area contributed by atoms with Crippen LogP contribution in [-0.4, -0.2) is 69.4 Å². The number of carbonyl (C=O) groups is 1. The highest BCUT2D eigenvalue weighted by Crippen LogP contribution is 2.33. The maximum Gasteiger partial charge on any atom is 0.435 e. The fourth-order valence-corrected chi connectivity index (χ4v) is 5.17. The summed E-state index contributed by atoms with van der Waals surface area (Å²) >= 11 is 0. The van der Waals surface area contributed by atoms with E-state index >= 15 is 0 Å². The Morgan fingerprint density at radius 2 is 1.91 bits per heavy atom. The highest BCUT2D eigenvalue weighted by atomic mass is 19.4. The van der Waals surface area contributed by atoms with Crippen LogP contribution in [0, 0.1) is 0 Å². The zero-order valence-corrected chi connectivity index (χ0v) is 19.2. The van der Waals surface area contributed by atoms with Crippen LogP contribution in [0.2, 0.25) is 0 Å². The zero-order chi connectivity index (χ0) is 24.7. The number of halogens is 3. The number of rotatable bonds is 4. The van der Waals surface area contributed by atoms with Crippen LogP contribution in [0.1, 0.15) is 47.1 Å². The molecule has 186 valence electrons. The van der Waals surface area contributed by atoms with Gasteiger partial charge in [0, 0.05) is 50.5 Å². The van der Waals surface area contributed by atoms with Crippen molar-refractivity contribution in [1.29, 1.82) is 0 Å². The Bertz CT molecular complexity index is 1280. The fourth-order valence-electron chi connectivity index (χ4n) is 5.17. The second kappa shape index (κ2) is 8.99. The van der Waals surface area contributed by atoms with E-state index in [0.717, 1.165) is 57.5 Å². The van der Waals surface area contributed by atoms with E-state index in [1.807, 2.05) is 6.07 Å². The third kappa shape index (κ3) is 4.49. The topological polar surface area (TPSA) is 98.6 Å². The molecule has 2 N–H and O–H groups in total. The van der Waals surface area contributed by atoms with Crippen LogP contribution in [0.15, 0.2) is 35.6 Å². The molecular weight excluding hydrogens is 463 g/mol. The van der Waals surface area contributed by atoms with Crippen molar-refractivity contribution in [2.75, 3.05) is 38.1 Å². The number of alkyl halides is 3. The van der Waals surface area contributed by atoms with Gasteiger partial charge in [0.25, 0.3) is 11.5 Å². The number of H-pyrrole nitrogens is 1. The molecule has 2 fully saturated rings.